The fourth-order valence-electron chi connectivity index (χ4n) is 3.01. The molecule has 6 nitrogen and oxygen atoms in total. The number of benzene rings is 1. The van der Waals surface area contributed by atoms with E-state index >= 15 is 0 Å². The number of nitrogens with two attached hydrogens (primary N) is 1. The molecule has 0 aromatic heterocycles. The van der Waals surface area contributed by atoms with Crippen molar-refractivity contribution in [2.24, 2.45) is 5.73 Å². The van der Waals surface area contributed by atoms with E-state index in [-0.39, 0.29) is 38.5 Å². The summed E-state index contributed by atoms with van der Waals surface area (Å²) < 4.78 is 19.4. The van der Waals surface area contributed by atoms with Gasteiger partial charge in [-0.3, -0.25) is 9.69 Å². The summed E-state index contributed by atoms with van der Waals surface area (Å²) in [5.74, 6) is -3.15. The first-order valence-corrected chi connectivity index (χ1v) is 8.76. The van der Waals surface area contributed by atoms with Gasteiger partial charge >= 0.3 is 5.97 Å². The highest BCUT2D eigenvalue weighted by atomic mass is 35.5. The smallest absolute Gasteiger partial charge is 0.337 e. The van der Waals surface area contributed by atoms with Gasteiger partial charge in [0.2, 0.25) is 5.91 Å². The molecule has 2 heterocycles. The van der Waals surface area contributed by atoms with E-state index in [1.165, 1.54) is 25.3 Å². The number of carbonyl (C=O) groups excluding carboxylic acids is 2. The van der Waals surface area contributed by atoms with Crippen LogP contribution < -0.4 is 5.73 Å². The van der Waals surface area contributed by atoms with Crippen LogP contribution >= 0.6 is 23.4 Å². The Morgan fingerprint density at radius 3 is 2.77 bits per heavy atom. The van der Waals surface area contributed by atoms with Gasteiger partial charge in [-0.05, 0) is 19.1 Å². The Bertz CT molecular complexity index is 917. The molecule has 2 aliphatic rings. The van der Waals surface area contributed by atoms with E-state index in [2.05, 4.69) is 0 Å². The lowest BCUT2D eigenvalue weighted by atomic mass is 9.82. The van der Waals surface area contributed by atoms with Crippen molar-refractivity contribution in [3.63, 3.8) is 0 Å². The number of allylic oxidation sites excluding steroid dienone is 1. The SMILES string of the molecule is COC(=O)C1=C2S[C@H](C)C(=O)N2C(N)=C(C#N)[C@@H]1c1c(F)cccc1Cl. The van der Waals surface area contributed by atoms with Crippen LogP contribution in [0.5, 0.6) is 0 Å². The van der Waals surface area contributed by atoms with E-state index in [0.717, 1.165) is 16.7 Å². The Morgan fingerprint density at radius 2 is 2.19 bits per heavy atom. The summed E-state index contributed by atoms with van der Waals surface area (Å²) in [5.41, 5.74) is 5.83. The van der Waals surface area contributed by atoms with E-state index in [0.29, 0.717) is 0 Å². The molecule has 0 spiro atoms. The van der Waals surface area contributed by atoms with Crippen LogP contribution in [0.15, 0.2) is 40.2 Å². The number of esters is 1. The molecule has 1 fully saturated rings. The van der Waals surface area contributed by atoms with Crippen LogP contribution in [0.25, 0.3) is 0 Å². The molecule has 3 rings (SSSR count). The van der Waals surface area contributed by atoms with Crippen LogP contribution in [0.1, 0.15) is 18.4 Å². The molecule has 0 aliphatic carbocycles. The number of hydrogen-bond donors (Lipinski definition) is 1. The largest absolute Gasteiger partial charge is 0.466 e. The van der Waals surface area contributed by atoms with Gasteiger partial charge in [0.05, 0.1) is 40.5 Å². The zero-order chi connectivity index (χ0) is 19.2. The van der Waals surface area contributed by atoms with Crippen molar-refractivity contribution >= 4 is 35.2 Å². The molecule has 0 unspecified atom stereocenters. The Morgan fingerprint density at radius 1 is 1.50 bits per heavy atom. The fourth-order valence-corrected chi connectivity index (χ4v) is 4.45. The van der Waals surface area contributed by atoms with Gasteiger partial charge in [0.1, 0.15) is 11.6 Å². The minimum absolute atomic E-state index is 0.0343. The number of rotatable bonds is 2. The summed E-state index contributed by atoms with van der Waals surface area (Å²) in [5, 5.41) is 9.40. The predicted octanol–water partition coefficient (Wildman–Crippen LogP) is 2.62. The summed E-state index contributed by atoms with van der Waals surface area (Å²) in [6.45, 7) is 1.65. The van der Waals surface area contributed by atoms with Crippen molar-refractivity contribution in [1.82, 2.24) is 4.90 Å². The van der Waals surface area contributed by atoms with E-state index in [4.69, 9.17) is 22.1 Å². The van der Waals surface area contributed by atoms with Crippen LogP contribution in [-0.2, 0) is 14.3 Å². The zero-order valence-corrected chi connectivity index (χ0v) is 15.3. The maximum atomic E-state index is 14.6. The highest BCUT2D eigenvalue weighted by Crippen LogP contribution is 2.50. The number of amides is 1. The van der Waals surface area contributed by atoms with Crippen molar-refractivity contribution in [2.75, 3.05) is 7.11 Å². The summed E-state index contributed by atoms with van der Waals surface area (Å²) in [4.78, 5) is 26.1. The number of fused-ring (bicyclic) bond motifs is 1. The summed E-state index contributed by atoms with van der Waals surface area (Å²) in [7, 11) is 1.17. The summed E-state index contributed by atoms with van der Waals surface area (Å²) in [6, 6.07) is 5.94. The minimum Gasteiger partial charge on any atom is -0.466 e. The highest BCUT2D eigenvalue weighted by Gasteiger charge is 2.48. The second kappa shape index (κ2) is 6.67. The van der Waals surface area contributed by atoms with Gasteiger partial charge in [-0.15, -0.1) is 0 Å². The van der Waals surface area contributed by atoms with Crippen LogP contribution in [0.2, 0.25) is 5.02 Å². The molecular weight excluding hydrogens is 381 g/mol. The number of methoxy groups -OCH3 is 1. The quantitative estimate of drug-likeness (QED) is 0.776. The molecule has 9 heteroatoms. The molecule has 2 aliphatic heterocycles. The second-order valence-corrected chi connectivity index (χ2v) is 7.36. The number of halogens is 2. The maximum Gasteiger partial charge on any atom is 0.337 e. The molecule has 2 atom stereocenters. The standard InChI is InChI=1S/C17H13ClFN3O3S/c1-7-15(23)22-14(21)8(6-20)11(12-9(18)4-3-5-10(12)19)13(16(22)26-7)17(24)25-2/h3-5,7,11H,21H2,1-2H3/t7-,11-/m1/s1. The molecular formula is C17H13ClFN3O3S. The topological polar surface area (TPSA) is 96.4 Å². The third kappa shape index (κ3) is 2.55. The molecule has 1 aromatic rings. The van der Waals surface area contributed by atoms with Crippen molar-refractivity contribution < 1.29 is 18.7 Å². The molecule has 134 valence electrons. The van der Waals surface area contributed by atoms with E-state index in [1.54, 1.807) is 6.92 Å². The number of ether oxygens (including phenoxy) is 1. The number of nitriles is 1. The predicted molar refractivity (Wildman–Crippen MR) is 93.9 cm³/mol. The van der Waals surface area contributed by atoms with Gasteiger partial charge in [-0.1, -0.05) is 29.4 Å². The molecule has 2 N–H and O–H groups in total. The number of hydrogen-bond acceptors (Lipinski definition) is 6. The molecule has 0 saturated carbocycles. The van der Waals surface area contributed by atoms with Crippen LogP contribution in [-0.4, -0.2) is 29.1 Å². The van der Waals surface area contributed by atoms with Crippen LogP contribution in [0, 0.1) is 17.1 Å². The Labute approximate surface area is 158 Å². The van der Waals surface area contributed by atoms with Crippen LogP contribution in [0.4, 0.5) is 4.39 Å². The van der Waals surface area contributed by atoms with Gasteiger partial charge in [0.15, 0.2) is 0 Å². The van der Waals surface area contributed by atoms with Gasteiger partial charge in [0, 0.05) is 10.6 Å². The molecule has 0 radical (unpaired) electrons. The zero-order valence-electron chi connectivity index (χ0n) is 13.7. The molecule has 0 bridgehead atoms. The Balaban J connectivity index is 2.37. The fraction of sp³-hybridized carbons (Fsp3) is 0.235. The van der Waals surface area contributed by atoms with Gasteiger partial charge in [-0.2, -0.15) is 5.26 Å². The summed E-state index contributed by atoms with van der Waals surface area (Å²) >= 11 is 7.27. The lowest BCUT2D eigenvalue weighted by Crippen LogP contribution is -2.38. The Hall–Kier alpha value is -2.50. The van der Waals surface area contributed by atoms with E-state index in [9.17, 15) is 19.2 Å². The monoisotopic (exact) mass is 393 g/mol. The number of carbonyl (C=O) groups is 2. The third-order valence-corrected chi connectivity index (χ3v) is 5.71. The minimum atomic E-state index is -1.17. The van der Waals surface area contributed by atoms with Crippen molar-refractivity contribution in [2.45, 2.75) is 18.1 Å². The lowest BCUT2D eigenvalue weighted by Gasteiger charge is -2.31. The average molecular weight is 394 g/mol. The third-order valence-electron chi connectivity index (χ3n) is 4.20. The Kier molecular flexibility index (Phi) is 4.69. The van der Waals surface area contributed by atoms with E-state index < -0.39 is 23.0 Å². The van der Waals surface area contributed by atoms with Crippen LogP contribution in [0.3, 0.4) is 0 Å². The van der Waals surface area contributed by atoms with Crippen molar-refractivity contribution in [3.8, 4) is 6.07 Å². The van der Waals surface area contributed by atoms with Gasteiger partial charge in [0.25, 0.3) is 0 Å². The maximum absolute atomic E-state index is 14.6. The molecule has 1 aromatic carbocycles. The first-order chi connectivity index (χ1) is 12.3. The van der Waals surface area contributed by atoms with Gasteiger partial charge < -0.3 is 10.5 Å². The lowest BCUT2D eigenvalue weighted by molar-refractivity contribution is -0.136. The molecule has 26 heavy (non-hydrogen) atoms. The van der Waals surface area contributed by atoms with Crippen molar-refractivity contribution in [3.05, 3.63) is 56.6 Å². The first kappa shape index (κ1) is 18.3. The normalized spacial score (nSPS) is 22.4. The highest BCUT2D eigenvalue weighted by molar-refractivity contribution is 8.04. The average Bonchev–Trinajstić information content (AvgIpc) is 2.89. The first-order valence-electron chi connectivity index (χ1n) is 7.50. The summed E-state index contributed by atoms with van der Waals surface area (Å²) in [6.07, 6.45) is 0. The molecule has 1 saturated heterocycles. The van der Waals surface area contributed by atoms with Crippen molar-refractivity contribution in [1.29, 1.82) is 5.26 Å². The van der Waals surface area contributed by atoms with Gasteiger partial charge in [-0.25, -0.2) is 9.18 Å². The second-order valence-electron chi connectivity index (χ2n) is 5.62. The van der Waals surface area contributed by atoms with E-state index in [1.807, 2.05) is 6.07 Å². The molecule has 1 amide bonds. The number of thioether (sulfide) groups is 1. The number of nitrogens with zero attached hydrogens (tertiary/aromatic N) is 2.